The Labute approximate surface area is 144 Å². The van der Waals surface area contributed by atoms with Crippen LogP contribution in [0.25, 0.3) is 0 Å². The number of carbonyl (C=O) groups is 2. The van der Waals surface area contributed by atoms with E-state index in [0.717, 1.165) is 10.9 Å². The number of amides is 2. The van der Waals surface area contributed by atoms with Crippen LogP contribution in [0.15, 0.2) is 22.9 Å². The van der Waals surface area contributed by atoms with E-state index < -0.39 is 5.60 Å². The van der Waals surface area contributed by atoms with Crippen LogP contribution in [-0.2, 0) is 4.74 Å². The molecule has 6 nitrogen and oxygen atoms in total. The van der Waals surface area contributed by atoms with E-state index in [2.05, 4.69) is 20.9 Å². The van der Waals surface area contributed by atoms with Gasteiger partial charge in [-0.05, 0) is 49.2 Å². The molecule has 1 aromatic rings. The first kappa shape index (κ1) is 17.7. The van der Waals surface area contributed by atoms with Crippen molar-refractivity contribution >= 4 is 27.9 Å². The summed E-state index contributed by atoms with van der Waals surface area (Å²) in [5.41, 5.74) is 0.0334. The molecule has 1 fully saturated rings. The van der Waals surface area contributed by atoms with Crippen molar-refractivity contribution in [1.29, 1.82) is 0 Å². The molecule has 0 atom stereocenters. The summed E-state index contributed by atoms with van der Waals surface area (Å²) in [5.74, 6) is -0.0650. The van der Waals surface area contributed by atoms with Crippen LogP contribution >= 0.6 is 15.9 Å². The summed E-state index contributed by atoms with van der Waals surface area (Å²) in [6.07, 6.45) is 3.61. The summed E-state index contributed by atoms with van der Waals surface area (Å²) < 4.78 is 6.17. The van der Waals surface area contributed by atoms with Crippen LogP contribution in [0.5, 0.6) is 0 Å². The summed E-state index contributed by atoms with van der Waals surface area (Å²) in [5, 5.41) is 0. The normalized spacial score (nSPS) is 16.0. The first-order chi connectivity index (χ1) is 10.8. The number of nitrogens with zero attached hydrogens (tertiary/aromatic N) is 3. The Morgan fingerprint density at radius 3 is 2.43 bits per heavy atom. The van der Waals surface area contributed by atoms with Gasteiger partial charge in [-0.25, -0.2) is 4.79 Å². The van der Waals surface area contributed by atoms with Gasteiger partial charge in [0.25, 0.3) is 5.91 Å². The van der Waals surface area contributed by atoms with Crippen molar-refractivity contribution in [2.24, 2.45) is 0 Å². The Hall–Kier alpha value is -1.63. The van der Waals surface area contributed by atoms with E-state index in [1.807, 2.05) is 20.8 Å². The lowest BCUT2D eigenvalue weighted by Crippen LogP contribution is -2.40. The maximum Gasteiger partial charge on any atom is 0.410 e. The summed E-state index contributed by atoms with van der Waals surface area (Å²) in [7, 11) is 0. The zero-order valence-corrected chi connectivity index (χ0v) is 15.3. The number of pyridine rings is 1. The Morgan fingerprint density at radius 1 is 1.13 bits per heavy atom. The molecule has 0 saturated carbocycles. The van der Waals surface area contributed by atoms with Gasteiger partial charge in [-0.3, -0.25) is 9.78 Å². The summed E-state index contributed by atoms with van der Waals surface area (Å²) in [6, 6.07) is 1.76. The molecule has 0 aromatic carbocycles. The van der Waals surface area contributed by atoms with Gasteiger partial charge in [0.1, 0.15) is 5.60 Å². The number of carbonyl (C=O) groups excluding carboxylic acids is 2. The number of hydrogen-bond acceptors (Lipinski definition) is 4. The maximum atomic E-state index is 12.5. The van der Waals surface area contributed by atoms with Gasteiger partial charge in [-0.15, -0.1) is 0 Å². The molecule has 23 heavy (non-hydrogen) atoms. The van der Waals surface area contributed by atoms with Crippen LogP contribution in [0, 0.1) is 0 Å². The molecule has 0 unspecified atom stereocenters. The molecule has 126 valence electrons. The number of halogens is 1. The van der Waals surface area contributed by atoms with Crippen molar-refractivity contribution in [1.82, 2.24) is 14.8 Å². The molecule has 0 N–H and O–H groups in total. The number of hydrogen-bond donors (Lipinski definition) is 0. The molecule has 1 aliphatic rings. The van der Waals surface area contributed by atoms with Crippen LogP contribution in [0.1, 0.15) is 37.6 Å². The predicted octanol–water partition coefficient (Wildman–Crippen LogP) is 2.93. The van der Waals surface area contributed by atoms with E-state index in [0.29, 0.717) is 31.7 Å². The SMILES string of the molecule is CC(C)(C)OC(=O)N1CCCN(C(=O)c2cncc(Br)c2)CC1. The second-order valence-electron chi connectivity index (χ2n) is 6.50. The smallest absolute Gasteiger partial charge is 0.410 e. The molecular formula is C16H22BrN3O3. The maximum absolute atomic E-state index is 12.5. The highest BCUT2D eigenvalue weighted by atomic mass is 79.9. The van der Waals surface area contributed by atoms with Gasteiger partial charge in [-0.2, -0.15) is 0 Å². The molecule has 1 aliphatic heterocycles. The van der Waals surface area contributed by atoms with Gasteiger partial charge in [-0.1, -0.05) is 0 Å². The van der Waals surface area contributed by atoms with Gasteiger partial charge < -0.3 is 14.5 Å². The second-order valence-corrected chi connectivity index (χ2v) is 7.42. The first-order valence-corrected chi connectivity index (χ1v) is 8.43. The van der Waals surface area contributed by atoms with Gasteiger partial charge in [0.05, 0.1) is 5.56 Å². The highest BCUT2D eigenvalue weighted by Crippen LogP contribution is 2.15. The lowest BCUT2D eigenvalue weighted by molar-refractivity contribution is 0.0255. The van der Waals surface area contributed by atoms with Crippen molar-refractivity contribution < 1.29 is 14.3 Å². The largest absolute Gasteiger partial charge is 0.444 e. The van der Waals surface area contributed by atoms with Crippen LogP contribution in [0.3, 0.4) is 0 Å². The molecule has 2 amide bonds. The van der Waals surface area contributed by atoms with Crippen molar-refractivity contribution in [2.45, 2.75) is 32.8 Å². The Kier molecular flexibility index (Phi) is 5.62. The minimum atomic E-state index is -0.513. The van der Waals surface area contributed by atoms with Crippen LogP contribution in [0.4, 0.5) is 4.79 Å². The quantitative estimate of drug-likeness (QED) is 0.747. The van der Waals surface area contributed by atoms with Crippen molar-refractivity contribution in [3.05, 3.63) is 28.5 Å². The zero-order chi connectivity index (χ0) is 17.0. The summed E-state index contributed by atoms with van der Waals surface area (Å²) in [6.45, 7) is 7.71. The predicted molar refractivity (Wildman–Crippen MR) is 90.3 cm³/mol. The fourth-order valence-corrected chi connectivity index (χ4v) is 2.71. The summed E-state index contributed by atoms with van der Waals surface area (Å²) >= 11 is 3.32. The number of ether oxygens (including phenoxy) is 1. The molecule has 0 spiro atoms. The molecule has 1 saturated heterocycles. The number of rotatable bonds is 1. The average Bonchev–Trinajstić information content (AvgIpc) is 2.70. The summed E-state index contributed by atoms with van der Waals surface area (Å²) in [4.78, 5) is 32.1. The molecular weight excluding hydrogens is 362 g/mol. The van der Waals surface area contributed by atoms with Crippen LogP contribution in [-0.4, -0.2) is 58.6 Å². The molecule has 0 radical (unpaired) electrons. The fourth-order valence-electron chi connectivity index (χ4n) is 2.34. The zero-order valence-electron chi connectivity index (χ0n) is 13.7. The molecule has 2 rings (SSSR count). The topological polar surface area (TPSA) is 62.7 Å². The Morgan fingerprint density at radius 2 is 1.78 bits per heavy atom. The fraction of sp³-hybridized carbons (Fsp3) is 0.562. The highest BCUT2D eigenvalue weighted by Gasteiger charge is 2.26. The van der Waals surface area contributed by atoms with Gasteiger partial charge in [0.2, 0.25) is 0 Å². The van der Waals surface area contributed by atoms with Crippen molar-refractivity contribution in [2.75, 3.05) is 26.2 Å². The Balaban J connectivity index is 1.98. The molecule has 1 aromatic heterocycles. The third kappa shape index (κ3) is 5.20. The average molecular weight is 384 g/mol. The van der Waals surface area contributed by atoms with E-state index in [1.165, 1.54) is 0 Å². The van der Waals surface area contributed by atoms with Crippen LogP contribution in [0.2, 0.25) is 0 Å². The highest BCUT2D eigenvalue weighted by molar-refractivity contribution is 9.10. The van der Waals surface area contributed by atoms with Crippen molar-refractivity contribution in [3.8, 4) is 0 Å². The van der Waals surface area contributed by atoms with Crippen molar-refractivity contribution in [3.63, 3.8) is 0 Å². The molecule has 0 bridgehead atoms. The van der Waals surface area contributed by atoms with Gasteiger partial charge in [0.15, 0.2) is 0 Å². The van der Waals surface area contributed by atoms with E-state index in [9.17, 15) is 9.59 Å². The monoisotopic (exact) mass is 383 g/mol. The molecule has 0 aliphatic carbocycles. The first-order valence-electron chi connectivity index (χ1n) is 7.64. The second kappa shape index (κ2) is 7.29. The number of aromatic nitrogens is 1. The van der Waals surface area contributed by atoms with E-state index in [1.54, 1.807) is 28.3 Å². The van der Waals surface area contributed by atoms with E-state index >= 15 is 0 Å². The lowest BCUT2D eigenvalue weighted by Gasteiger charge is -2.26. The third-order valence-electron chi connectivity index (χ3n) is 3.39. The van der Waals surface area contributed by atoms with Crippen LogP contribution < -0.4 is 0 Å². The standard InChI is InChI=1S/C16H22BrN3O3/c1-16(2,3)23-15(22)20-6-4-5-19(7-8-20)14(21)12-9-13(17)11-18-10-12/h9-11H,4-8H2,1-3H3. The third-order valence-corrected chi connectivity index (χ3v) is 3.82. The van der Waals surface area contributed by atoms with E-state index in [4.69, 9.17) is 4.74 Å². The molecule has 2 heterocycles. The van der Waals surface area contributed by atoms with Gasteiger partial charge >= 0.3 is 6.09 Å². The minimum Gasteiger partial charge on any atom is -0.444 e. The Bertz CT molecular complexity index is 586. The van der Waals surface area contributed by atoms with E-state index in [-0.39, 0.29) is 12.0 Å². The van der Waals surface area contributed by atoms with Gasteiger partial charge in [0, 0.05) is 43.0 Å². The minimum absolute atomic E-state index is 0.0650. The molecule has 7 heteroatoms. The lowest BCUT2D eigenvalue weighted by atomic mass is 10.2.